The second-order valence-corrected chi connectivity index (χ2v) is 3.04. The molecule has 1 nitrogen and oxygen atoms in total. The average Bonchev–Trinajstić information content (AvgIpc) is 2.15. The lowest BCUT2D eigenvalue weighted by atomic mass is 10.1. The van der Waals surface area contributed by atoms with Gasteiger partial charge in [-0.05, 0) is 18.9 Å². The fourth-order valence-corrected chi connectivity index (χ4v) is 1.10. The van der Waals surface area contributed by atoms with E-state index in [-0.39, 0.29) is 6.61 Å². The summed E-state index contributed by atoms with van der Waals surface area (Å²) in [5.41, 5.74) is 2.50. The van der Waals surface area contributed by atoms with Crippen molar-refractivity contribution in [3.05, 3.63) is 35.4 Å². The highest BCUT2D eigenvalue weighted by Crippen LogP contribution is 2.03. The van der Waals surface area contributed by atoms with E-state index in [0.29, 0.717) is 6.61 Å². The van der Waals surface area contributed by atoms with E-state index < -0.39 is 6.67 Å². The largest absolute Gasteiger partial charge is 0.378 e. The van der Waals surface area contributed by atoms with Crippen LogP contribution in [0.1, 0.15) is 11.1 Å². The number of ether oxygens (including phenoxy) is 1. The topological polar surface area (TPSA) is 9.23 Å². The molecule has 0 aliphatic heterocycles. The standard InChI is InChI=1S/C11H15FO/c1-10-2-4-11(5-3-10)6-8-13-9-7-12/h2-5H,6-9H2,1H3. The number of hydrogen-bond donors (Lipinski definition) is 0. The zero-order valence-corrected chi connectivity index (χ0v) is 7.92. The Kier molecular flexibility index (Phi) is 4.47. The third-order valence-corrected chi connectivity index (χ3v) is 1.88. The van der Waals surface area contributed by atoms with E-state index in [2.05, 4.69) is 31.2 Å². The predicted molar refractivity (Wildman–Crippen MR) is 51.7 cm³/mol. The van der Waals surface area contributed by atoms with E-state index >= 15 is 0 Å². The van der Waals surface area contributed by atoms with Crippen LogP contribution >= 0.6 is 0 Å². The molecule has 0 saturated heterocycles. The molecule has 1 aromatic rings. The lowest BCUT2D eigenvalue weighted by Crippen LogP contribution is -2.01. The second kappa shape index (κ2) is 5.70. The molecule has 0 heterocycles. The maximum atomic E-state index is 11.6. The Balaban J connectivity index is 2.25. The van der Waals surface area contributed by atoms with Crippen LogP contribution in [0.4, 0.5) is 4.39 Å². The monoisotopic (exact) mass is 182 g/mol. The molecular weight excluding hydrogens is 167 g/mol. The Labute approximate surface area is 78.5 Å². The minimum atomic E-state index is -0.395. The van der Waals surface area contributed by atoms with Gasteiger partial charge in [-0.25, -0.2) is 4.39 Å². The van der Waals surface area contributed by atoms with Crippen LogP contribution in [0.15, 0.2) is 24.3 Å². The number of alkyl halides is 1. The molecule has 1 aromatic carbocycles. The van der Waals surface area contributed by atoms with Crippen LogP contribution < -0.4 is 0 Å². The Bertz CT molecular complexity index is 230. The number of benzene rings is 1. The average molecular weight is 182 g/mol. The van der Waals surface area contributed by atoms with Gasteiger partial charge in [0.15, 0.2) is 0 Å². The highest BCUT2D eigenvalue weighted by Gasteiger charge is 1.92. The van der Waals surface area contributed by atoms with Crippen molar-refractivity contribution in [2.75, 3.05) is 19.9 Å². The van der Waals surface area contributed by atoms with Crippen LogP contribution in [0.2, 0.25) is 0 Å². The maximum Gasteiger partial charge on any atom is 0.113 e. The number of rotatable bonds is 5. The zero-order chi connectivity index (χ0) is 9.52. The van der Waals surface area contributed by atoms with Gasteiger partial charge >= 0.3 is 0 Å². The molecule has 1 rings (SSSR count). The summed E-state index contributed by atoms with van der Waals surface area (Å²) in [5.74, 6) is 0. The molecule has 2 heteroatoms. The molecular formula is C11H15FO. The molecule has 0 N–H and O–H groups in total. The quantitative estimate of drug-likeness (QED) is 0.636. The van der Waals surface area contributed by atoms with Crippen molar-refractivity contribution in [3.8, 4) is 0 Å². The van der Waals surface area contributed by atoms with Gasteiger partial charge in [0.1, 0.15) is 6.67 Å². The Morgan fingerprint density at radius 1 is 1.15 bits per heavy atom. The first-order chi connectivity index (χ1) is 6.33. The molecule has 0 aliphatic rings. The van der Waals surface area contributed by atoms with E-state index in [1.54, 1.807) is 0 Å². The Morgan fingerprint density at radius 3 is 2.46 bits per heavy atom. The van der Waals surface area contributed by atoms with E-state index in [0.717, 1.165) is 6.42 Å². The lowest BCUT2D eigenvalue weighted by Gasteiger charge is -2.02. The van der Waals surface area contributed by atoms with Crippen LogP contribution in [0.3, 0.4) is 0 Å². The van der Waals surface area contributed by atoms with Crippen molar-refractivity contribution in [3.63, 3.8) is 0 Å². The van der Waals surface area contributed by atoms with Gasteiger partial charge in [0.05, 0.1) is 13.2 Å². The molecule has 13 heavy (non-hydrogen) atoms. The molecule has 0 aliphatic carbocycles. The van der Waals surface area contributed by atoms with Crippen molar-refractivity contribution in [2.24, 2.45) is 0 Å². The fourth-order valence-electron chi connectivity index (χ4n) is 1.10. The molecule has 0 spiro atoms. The summed E-state index contributed by atoms with van der Waals surface area (Å²) < 4.78 is 16.7. The van der Waals surface area contributed by atoms with Crippen LogP contribution in [-0.2, 0) is 11.2 Å². The number of aryl methyl sites for hydroxylation is 1. The van der Waals surface area contributed by atoms with Gasteiger partial charge in [0.25, 0.3) is 0 Å². The third kappa shape index (κ3) is 4.04. The third-order valence-electron chi connectivity index (χ3n) is 1.88. The summed E-state index contributed by atoms with van der Waals surface area (Å²) in [6.45, 7) is 2.48. The van der Waals surface area contributed by atoms with E-state index in [1.165, 1.54) is 11.1 Å². The molecule has 0 saturated carbocycles. The lowest BCUT2D eigenvalue weighted by molar-refractivity contribution is 0.122. The second-order valence-electron chi connectivity index (χ2n) is 3.04. The van der Waals surface area contributed by atoms with Crippen molar-refractivity contribution in [1.82, 2.24) is 0 Å². The van der Waals surface area contributed by atoms with Crippen molar-refractivity contribution < 1.29 is 9.13 Å². The van der Waals surface area contributed by atoms with Gasteiger partial charge in [-0.2, -0.15) is 0 Å². The van der Waals surface area contributed by atoms with Gasteiger partial charge in [0.2, 0.25) is 0 Å². The summed E-state index contributed by atoms with van der Waals surface area (Å²) in [6.07, 6.45) is 0.861. The smallest absolute Gasteiger partial charge is 0.113 e. The van der Waals surface area contributed by atoms with Crippen LogP contribution in [0, 0.1) is 6.92 Å². The number of halogens is 1. The minimum absolute atomic E-state index is 0.214. The van der Waals surface area contributed by atoms with Crippen LogP contribution in [-0.4, -0.2) is 19.9 Å². The van der Waals surface area contributed by atoms with Crippen molar-refractivity contribution >= 4 is 0 Å². The van der Waals surface area contributed by atoms with Gasteiger partial charge in [-0.1, -0.05) is 29.8 Å². The summed E-state index contributed by atoms with van der Waals surface area (Å²) in [5, 5.41) is 0. The Hall–Kier alpha value is -0.890. The first-order valence-electron chi connectivity index (χ1n) is 4.52. The maximum absolute atomic E-state index is 11.6. The van der Waals surface area contributed by atoms with Crippen LogP contribution in [0.5, 0.6) is 0 Å². The first kappa shape index (κ1) is 10.2. The summed E-state index contributed by atoms with van der Waals surface area (Å²) in [6, 6.07) is 8.30. The van der Waals surface area contributed by atoms with E-state index in [9.17, 15) is 4.39 Å². The van der Waals surface area contributed by atoms with E-state index in [1.807, 2.05) is 0 Å². The van der Waals surface area contributed by atoms with Gasteiger partial charge in [-0.3, -0.25) is 0 Å². The zero-order valence-electron chi connectivity index (χ0n) is 7.92. The van der Waals surface area contributed by atoms with Gasteiger partial charge in [0, 0.05) is 0 Å². The van der Waals surface area contributed by atoms with Crippen LogP contribution in [0.25, 0.3) is 0 Å². The molecule has 0 aromatic heterocycles. The van der Waals surface area contributed by atoms with Gasteiger partial charge in [-0.15, -0.1) is 0 Å². The fraction of sp³-hybridized carbons (Fsp3) is 0.455. The highest BCUT2D eigenvalue weighted by atomic mass is 19.1. The minimum Gasteiger partial charge on any atom is -0.378 e. The molecule has 72 valence electrons. The normalized spacial score (nSPS) is 10.3. The van der Waals surface area contributed by atoms with E-state index in [4.69, 9.17) is 4.74 Å². The molecule has 0 atom stereocenters. The predicted octanol–water partition coefficient (Wildman–Crippen LogP) is 2.52. The van der Waals surface area contributed by atoms with Gasteiger partial charge < -0.3 is 4.74 Å². The Morgan fingerprint density at radius 2 is 1.85 bits per heavy atom. The van der Waals surface area contributed by atoms with Crippen molar-refractivity contribution in [1.29, 1.82) is 0 Å². The van der Waals surface area contributed by atoms with Crippen molar-refractivity contribution in [2.45, 2.75) is 13.3 Å². The SMILES string of the molecule is Cc1ccc(CCOCCF)cc1. The highest BCUT2D eigenvalue weighted by molar-refractivity contribution is 5.21. The molecule has 0 bridgehead atoms. The molecule has 0 fully saturated rings. The molecule has 0 unspecified atom stereocenters. The molecule has 0 radical (unpaired) electrons. The molecule has 0 amide bonds. The summed E-state index contributed by atoms with van der Waals surface area (Å²) in [4.78, 5) is 0. The first-order valence-corrected chi connectivity index (χ1v) is 4.52. The number of hydrogen-bond acceptors (Lipinski definition) is 1. The summed E-state index contributed by atoms with van der Waals surface area (Å²) in [7, 11) is 0. The summed E-state index contributed by atoms with van der Waals surface area (Å²) >= 11 is 0.